The summed E-state index contributed by atoms with van der Waals surface area (Å²) in [7, 11) is 0. The highest BCUT2D eigenvalue weighted by atomic mass is 79.9. The topological polar surface area (TPSA) is 66.9 Å². The molecule has 0 spiro atoms. The summed E-state index contributed by atoms with van der Waals surface area (Å²) >= 11 is 3.46. The van der Waals surface area contributed by atoms with Gasteiger partial charge in [0.15, 0.2) is 0 Å². The molecule has 5 nitrogen and oxygen atoms in total. The van der Waals surface area contributed by atoms with Crippen LogP contribution in [0.15, 0.2) is 41.1 Å². The molecule has 0 unspecified atom stereocenters. The summed E-state index contributed by atoms with van der Waals surface area (Å²) < 4.78 is 0.930. The third kappa shape index (κ3) is 4.80. The van der Waals surface area contributed by atoms with Crippen molar-refractivity contribution in [2.24, 2.45) is 0 Å². The molecule has 0 atom stereocenters. The number of rotatable bonds is 7. The van der Waals surface area contributed by atoms with E-state index in [1.54, 1.807) is 6.07 Å². The number of nitrogens with zero attached hydrogens (tertiary/aromatic N) is 2. The molecule has 0 aliphatic heterocycles. The average molecular weight is 363 g/mol. The van der Waals surface area contributed by atoms with Crippen LogP contribution < -0.4 is 10.6 Å². The summed E-state index contributed by atoms with van der Waals surface area (Å²) in [6.07, 6.45) is 4.61. The summed E-state index contributed by atoms with van der Waals surface area (Å²) in [5, 5.41) is 6.04. The average Bonchev–Trinajstić information content (AvgIpc) is 2.54. The van der Waals surface area contributed by atoms with E-state index in [4.69, 9.17) is 0 Å². The van der Waals surface area contributed by atoms with E-state index in [1.165, 1.54) is 6.33 Å². The highest BCUT2D eigenvalue weighted by molar-refractivity contribution is 9.10. The number of carbonyl (C=O) groups is 1. The lowest BCUT2D eigenvalue weighted by Crippen LogP contribution is -2.25. The van der Waals surface area contributed by atoms with Crippen LogP contribution >= 0.6 is 15.9 Å². The second-order valence-electron chi connectivity index (χ2n) is 4.86. The molecule has 2 rings (SSSR count). The first-order chi connectivity index (χ1) is 10.7. The van der Waals surface area contributed by atoms with Crippen molar-refractivity contribution in [1.29, 1.82) is 0 Å². The predicted octanol–water partition coefficient (Wildman–Crippen LogP) is 3.90. The van der Waals surface area contributed by atoms with E-state index in [1.807, 2.05) is 24.3 Å². The molecule has 0 radical (unpaired) electrons. The molecule has 2 N–H and O–H groups in total. The highest BCUT2D eigenvalue weighted by Crippen LogP contribution is 2.24. The molecule has 1 aromatic heterocycles. The molecule has 1 heterocycles. The summed E-state index contributed by atoms with van der Waals surface area (Å²) in [5.74, 6) is 0.411. The van der Waals surface area contributed by atoms with E-state index in [0.29, 0.717) is 18.1 Å². The third-order valence-electron chi connectivity index (χ3n) is 3.10. The van der Waals surface area contributed by atoms with E-state index >= 15 is 0 Å². The van der Waals surface area contributed by atoms with Gasteiger partial charge in [-0.1, -0.05) is 31.9 Å². The van der Waals surface area contributed by atoms with Crippen LogP contribution in [0, 0.1) is 0 Å². The van der Waals surface area contributed by atoms with E-state index in [-0.39, 0.29) is 5.91 Å². The first kappa shape index (κ1) is 16.4. The fourth-order valence-electron chi connectivity index (χ4n) is 1.92. The van der Waals surface area contributed by atoms with Gasteiger partial charge >= 0.3 is 0 Å². The molecule has 1 aromatic carbocycles. The molecule has 22 heavy (non-hydrogen) atoms. The van der Waals surface area contributed by atoms with Gasteiger partial charge in [-0.15, -0.1) is 0 Å². The van der Waals surface area contributed by atoms with E-state index < -0.39 is 0 Å². The van der Waals surface area contributed by atoms with Gasteiger partial charge in [-0.25, -0.2) is 9.97 Å². The standard InChI is InChI=1S/C16H19BrN4O/c1-2-3-6-9-18-16(22)14-10-15(20-11-19-14)21-13-8-5-4-7-12(13)17/h4-5,7-8,10-11H,2-3,6,9H2,1H3,(H,18,22)(H,19,20,21). The molecule has 0 fully saturated rings. The Hall–Kier alpha value is -1.95. The minimum Gasteiger partial charge on any atom is -0.351 e. The van der Waals surface area contributed by atoms with E-state index in [0.717, 1.165) is 29.4 Å². The summed E-state index contributed by atoms with van der Waals surface area (Å²) in [5.41, 5.74) is 1.25. The number of hydrogen-bond donors (Lipinski definition) is 2. The Morgan fingerprint density at radius 1 is 1.23 bits per heavy atom. The maximum Gasteiger partial charge on any atom is 0.270 e. The first-order valence-corrected chi connectivity index (χ1v) is 8.12. The zero-order valence-corrected chi connectivity index (χ0v) is 14.1. The number of para-hydroxylation sites is 1. The molecular weight excluding hydrogens is 344 g/mol. The molecule has 0 saturated carbocycles. The molecule has 0 saturated heterocycles. The fraction of sp³-hybridized carbons (Fsp3) is 0.312. The lowest BCUT2D eigenvalue weighted by Gasteiger charge is -2.09. The van der Waals surface area contributed by atoms with Crippen molar-refractivity contribution in [3.8, 4) is 0 Å². The number of halogens is 1. The molecule has 2 aromatic rings. The van der Waals surface area contributed by atoms with Crippen molar-refractivity contribution >= 4 is 33.3 Å². The molecule has 1 amide bonds. The van der Waals surface area contributed by atoms with Gasteiger partial charge in [0.2, 0.25) is 0 Å². The monoisotopic (exact) mass is 362 g/mol. The third-order valence-corrected chi connectivity index (χ3v) is 3.79. The minimum atomic E-state index is -0.173. The summed E-state index contributed by atoms with van der Waals surface area (Å²) in [6, 6.07) is 9.37. The maximum absolute atomic E-state index is 12.0. The van der Waals surface area contributed by atoms with Crippen LogP contribution in [-0.2, 0) is 0 Å². The molecule has 6 heteroatoms. The van der Waals surface area contributed by atoms with Gasteiger partial charge in [0.1, 0.15) is 17.8 Å². The number of anilines is 2. The van der Waals surface area contributed by atoms with Crippen molar-refractivity contribution in [3.05, 3.63) is 46.8 Å². The zero-order chi connectivity index (χ0) is 15.8. The van der Waals surface area contributed by atoms with Gasteiger partial charge < -0.3 is 10.6 Å². The smallest absolute Gasteiger partial charge is 0.270 e. The van der Waals surface area contributed by atoms with Gasteiger partial charge in [-0.2, -0.15) is 0 Å². The molecule has 0 aliphatic rings. The number of amides is 1. The predicted molar refractivity (Wildman–Crippen MR) is 91.3 cm³/mol. The summed E-state index contributed by atoms with van der Waals surface area (Å²) in [4.78, 5) is 20.2. The Morgan fingerprint density at radius 3 is 2.82 bits per heavy atom. The van der Waals surface area contributed by atoms with Crippen LogP contribution in [0.1, 0.15) is 36.7 Å². The van der Waals surface area contributed by atoms with E-state index in [2.05, 4.69) is 43.5 Å². The number of aromatic nitrogens is 2. The lowest BCUT2D eigenvalue weighted by atomic mass is 10.2. The highest BCUT2D eigenvalue weighted by Gasteiger charge is 2.08. The largest absolute Gasteiger partial charge is 0.351 e. The molecule has 0 bridgehead atoms. The van der Waals surface area contributed by atoms with Crippen molar-refractivity contribution in [2.75, 3.05) is 11.9 Å². The van der Waals surface area contributed by atoms with Crippen LogP contribution in [0.2, 0.25) is 0 Å². The Bertz CT molecular complexity index is 633. The van der Waals surface area contributed by atoms with Gasteiger partial charge in [0.05, 0.1) is 5.69 Å². The van der Waals surface area contributed by atoms with Crippen molar-refractivity contribution in [3.63, 3.8) is 0 Å². The van der Waals surface area contributed by atoms with Crippen molar-refractivity contribution in [1.82, 2.24) is 15.3 Å². The van der Waals surface area contributed by atoms with Crippen LogP contribution in [0.4, 0.5) is 11.5 Å². The molecule has 116 valence electrons. The molecule has 0 aliphatic carbocycles. The number of benzene rings is 1. The Labute approximate surface area is 138 Å². The van der Waals surface area contributed by atoms with Crippen molar-refractivity contribution < 1.29 is 4.79 Å². The Kier molecular flexibility index (Phi) is 6.33. The number of carbonyl (C=O) groups excluding carboxylic acids is 1. The Morgan fingerprint density at radius 2 is 2.05 bits per heavy atom. The van der Waals surface area contributed by atoms with Crippen molar-refractivity contribution in [2.45, 2.75) is 26.2 Å². The second kappa shape index (κ2) is 8.48. The van der Waals surface area contributed by atoms with Crippen LogP contribution in [0.25, 0.3) is 0 Å². The van der Waals surface area contributed by atoms with Gasteiger partial charge in [-0.3, -0.25) is 4.79 Å². The zero-order valence-electron chi connectivity index (χ0n) is 12.5. The number of hydrogen-bond acceptors (Lipinski definition) is 4. The fourth-order valence-corrected chi connectivity index (χ4v) is 2.30. The van der Waals surface area contributed by atoms with Crippen LogP contribution in [0.3, 0.4) is 0 Å². The maximum atomic E-state index is 12.0. The molecular formula is C16H19BrN4O. The number of nitrogens with one attached hydrogen (secondary N) is 2. The normalized spacial score (nSPS) is 10.3. The van der Waals surface area contributed by atoms with Crippen LogP contribution in [0.5, 0.6) is 0 Å². The minimum absolute atomic E-state index is 0.173. The van der Waals surface area contributed by atoms with Gasteiger partial charge in [0, 0.05) is 17.1 Å². The quantitative estimate of drug-likeness (QED) is 0.732. The summed E-state index contributed by atoms with van der Waals surface area (Å²) in [6.45, 7) is 2.80. The first-order valence-electron chi connectivity index (χ1n) is 7.32. The van der Waals surface area contributed by atoms with Crippen LogP contribution in [-0.4, -0.2) is 22.4 Å². The van der Waals surface area contributed by atoms with Gasteiger partial charge in [-0.05, 0) is 34.5 Å². The van der Waals surface area contributed by atoms with Gasteiger partial charge in [0.25, 0.3) is 5.91 Å². The second-order valence-corrected chi connectivity index (χ2v) is 5.71. The SMILES string of the molecule is CCCCCNC(=O)c1cc(Nc2ccccc2Br)ncn1. The lowest BCUT2D eigenvalue weighted by molar-refractivity contribution is 0.0948. The Balaban J connectivity index is 2.00. The van der Waals surface area contributed by atoms with E-state index in [9.17, 15) is 4.79 Å². The number of unbranched alkanes of at least 4 members (excludes halogenated alkanes) is 2.